The fourth-order valence-electron chi connectivity index (χ4n) is 3.35. The van der Waals surface area contributed by atoms with E-state index in [1.807, 2.05) is 11.4 Å². The monoisotopic (exact) mass is 417 g/mol. The van der Waals surface area contributed by atoms with Crippen molar-refractivity contribution in [1.29, 1.82) is 0 Å². The lowest BCUT2D eigenvalue weighted by molar-refractivity contribution is -0.120. The number of hydrogen-bond acceptors (Lipinski definition) is 7. The summed E-state index contributed by atoms with van der Waals surface area (Å²) in [5.41, 5.74) is 0.423. The minimum Gasteiger partial charge on any atom is -0.454 e. The van der Waals surface area contributed by atoms with Crippen LogP contribution in [0.2, 0.25) is 0 Å². The van der Waals surface area contributed by atoms with Crippen molar-refractivity contribution in [1.82, 2.24) is 15.5 Å². The number of amides is 2. The maximum absolute atomic E-state index is 12.3. The number of fused-ring (bicyclic) bond motifs is 1. The first-order valence-electron chi connectivity index (χ1n) is 9.50. The van der Waals surface area contributed by atoms with E-state index in [0.29, 0.717) is 36.8 Å². The number of carbonyl (C=O) groups excluding carboxylic acids is 2. The molecule has 1 aromatic carbocycles. The number of hydrogen-bond donors (Lipinski definition) is 2. The quantitative estimate of drug-likeness (QED) is 0.708. The van der Waals surface area contributed by atoms with Gasteiger partial charge in [0.1, 0.15) is 0 Å². The molecule has 3 heterocycles. The summed E-state index contributed by atoms with van der Waals surface area (Å²) in [5, 5.41) is 7.63. The largest absolute Gasteiger partial charge is 0.454 e. The van der Waals surface area contributed by atoms with Gasteiger partial charge < -0.3 is 24.8 Å². The van der Waals surface area contributed by atoms with E-state index in [2.05, 4.69) is 21.6 Å². The first kappa shape index (κ1) is 19.7. The highest BCUT2D eigenvalue weighted by Crippen LogP contribution is 2.32. The van der Waals surface area contributed by atoms with Crippen LogP contribution < -0.4 is 20.1 Å². The van der Waals surface area contributed by atoms with Crippen LogP contribution in [0.1, 0.15) is 21.3 Å². The molecule has 2 aliphatic heterocycles. The Labute approximate surface area is 172 Å². The van der Waals surface area contributed by atoms with E-state index in [1.54, 1.807) is 29.5 Å². The number of morpholine rings is 1. The summed E-state index contributed by atoms with van der Waals surface area (Å²) >= 11 is 1.68. The molecule has 2 N–H and O–H groups in total. The number of nitrogens with zero attached hydrogens (tertiary/aromatic N) is 1. The Hall–Kier alpha value is -2.62. The van der Waals surface area contributed by atoms with E-state index in [1.165, 1.54) is 4.88 Å². The Morgan fingerprint density at radius 1 is 1.10 bits per heavy atom. The maximum atomic E-state index is 12.3. The predicted octanol–water partition coefficient (Wildman–Crippen LogP) is 1.40. The van der Waals surface area contributed by atoms with Crippen LogP contribution in [-0.2, 0) is 9.53 Å². The molecule has 0 aliphatic carbocycles. The van der Waals surface area contributed by atoms with Crippen molar-refractivity contribution in [3.8, 4) is 11.5 Å². The van der Waals surface area contributed by atoms with Gasteiger partial charge in [-0.3, -0.25) is 14.5 Å². The summed E-state index contributed by atoms with van der Waals surface area (Å²) in [5.74, 6) is 0.587. The number of rotatable bonds is 7. The standard InChI is InChI=1S/C20H23N3O5S/c24-19(12-22-20(25)14-3-4-16-17(10-14)28-13-27-16)21-11-15(18-2-1-9-29-18)23-5-7-26-8-6-23/h1-4,9-10,15H,5-8,11-13H2,(H,21,24)(H,22,25). The van der Waals surface area contributed by atoms with Gasteiger partial charge in [0.15, 0.2) is 11.5 Å². The van der Waals surface area contributed by atoms with Gasteiger partial charge in [0, 0.05) is 30.1 Å². The molecule has 1 aromatic heterocycles. The molecule has 29 heavy (non-hydrogen) atoms. The van der Waals surface area contributed by atoms with Gasteiger partial charge >= 0.3 is 0 Å². The number of thiophene rings is 1. The van der Waals surface area contributed by atoms with Crippen LogP contribution in [0.3, 0.4) is 0 Å². The molecule has 1 unspecified atom stereocenters. The molecule has 154 valence electrons. The van der Waals surface area contributed by atoms with Gasteiger partial charge in [-0.15, -0.1) is 11.3 Å². The van der Waals surface area contributed by atoms with Gasteiger partial charge in [0.25, 0.3) is 5.91 Å². The average Bonchev–Trinajstić information content (AvgIpc) is 3.44. The molecule has 2 aromatic rings. The van der Waals surface area contributed by atoms with Crippen LogP contribution in [0.25, 0.3) is 0 Å². The summed E-state index contributed by atoms with van der Waals surface area (Å²) in [6.07, 6.45) is 0. The summed E-state index contributed by atoms with van der Waals surface area (Å²) in [4.78, 5) is 28.2. The summed E-state index contributed by atoms with van der Waals surface area (Å²) in [7, 11) is 0. The maximum Gasteiger partial charge on any atom is 0.251 e. The van der Waals surface area contributed by atoms with E-state index in [0.717, 1.165) is 13.1 Å². The van der Waals surface area contributed by atoms with Gasteiger partial charge in [-0.2, -0.15) is 0 Å². The summed E-state index contributed by atoms with van der Waals surface area (Å²) in [6.45, 7) is 3.60. The normalized spacial score (nSPS) is 17.0. The fraction of sp³-hybridized carbons (Fsp3) is 0.400. The SMILES string of the molecule is O=C(CNC(=O)c1ccc2c(c1)OCO2)NCC(c1cccs1)N1CCOCC1. The minimum atomic E-state index is -0.332. The first-order chi connectivity index (χ1) is 14.2. The highest BCUT2D eigenvalue weighted by Gasteiger charge is 2.24. The van der Waals surface area contributed by atoms with Crippen LogP contribution in [0, 0.1) is 0 Å². The topological polar surface area (TPSA) is 89.1 Å². The minimum absolute atomic E-state index is 0.0897. The van der Waals surface area contributed by atoms with E-state index < -0.39 is 0 Å². The third-order valence-corrected chi connectivity index (χ3v) is 5.87. The molecule has 1 saturated heterocycles. The van der Waals surface area contributed by atoms with Crippen LogP contribution >= 0.6 is 11.3 Å². The lowest BCUT2D eigenvalue weighted by Crippen LogP contribution is -2.45. The molecule has 0 spiro atoms. The van der Waals surface area contributed by atoms with Crippen LogP contribution in [0.5, 0.6) is 11.5 Å². The Bertz CT molecular complexity index is 852. The van der Waals surface area contributed by atoms with Crippen molar-refractivity contribution in [2.24, 2.45) is 0 Å². The molecule has 2 amide bonds. The highest BCUT2D eigenvalue weighted by atomic mass is 32.1. The van der Waals surface area contributed by atoms with Crippen molar-refractivity contribution >= 4 is 23.2 Å². The van der Waals surface area contributed by atoms with Gasteiger partial charge in [0.2, 0.25) is 12.7 Å². The third kappa shape index (κ3) is 4.87. The van der Waals surface area contributed by atoms with Crippen LogP contribution in [-0.4, -0.2) is 62.9 Å². The van der Waals surface area contributed by atoms with Crippen LogP contribution in [0.4, 0.5) is 0 Å². The molecular formula is C20H23N3O5S. The molecule has 4 rings (SSSR count). The van der Waals surface area contributed by atoms with Gasteiger partial charge in [-0.1, -0.05) is 6.07 Å². The molecule has 0 radical (unpaired) electrons. The zero-order valence-electron chi connectivity index (χ0n) is 15.9. The lowest BCUT2D eigenvalue weighted by Gasteiger charge is -2.34. The molecule has 9 heteroatoms. The van der Waals surface area contributed by atoms with E-state index in [-0.39, 0.29) is 31.2 Å². The Kier molecular flexibility index (Phi) is 6.28. The van der Waals surface area contributed by atoms with E-state index in [4.69, 9.17) is 14.2 Å². The molecule has 0 saturated carbocycles. The second-order valence-corrected chi connectivity index (χ2v) is 7.71. The highest BCUT2D eigenvalue weighted by molar-refractivity contribution is 7.10. The number of benzene rings is 1. The molecule has 1 atom stereocenters. The van der Waals surface area contributed by atoms with Gasteiger partial charge in [0.05, 0.1) is 25.8 Å². The zero-order valence-corrected chi connectivity index (χ0v) is 16.7. The van der Waals surface area contributed by atoms with Gasteiger partial charge in [-0.25, -0.2) is 0 Å². The van der Waals surface area contributed by atoms with Crippen molar-refractivity contribution in [2.75, 3.05) is 46.2 Å². The Morgan fingerprint density at radius 2 is 1.93 bits per heavy atom. The summed E-state index contributed by atoms with van der Waals surface area (Å²) < 4.78 is 16.0. The summed E-state index contributed by atoms with van der Waals surface area (Å²) in [6, 6.07) is 9.14. The lowest BCUT2D eigenvalue weighted by atomic mass is 10.2. The molecular weight excluding hydrogens is 394 g/mol. The van der Waals surface area contributed by atoms with E-state index >= 15 is 0 Å². The second kappa shape index (κ2) is 9.25. The van der Waals surface area contributed by atoms with Crippen molar-refractivity contribution in [3.63, 3.8) is 0 Å². The predicted molar refractivity (Wildman–Crippen MR) is 107 cm³/mol. The molecule has 8 nitrogen and oxygen atoms in total. The molecule has 2 aliphatic rings. The second-order valence-electron chi connectivity index (χ2n) is 6.73. The number of nitrogens with one attached hydrogen (secondary N) is 2. The fourth-order valence-corrected chi connectivity index (χ4v) is 4.21. The zero-order chi connectivity index (χ0) is 20.1. The molecule has 1 fully saturated rings. The Morgan fingerprint density at radius 3 is 2.72 bits per heavy atom. The van der Waals surface area contributed by atoms with Crippen molar-refractivity contribution < 1.29 is 23.8 Å². The van der Waals surface area contributed by atoms with Crippen molar-refractivity contribution in [3.05, 3.63) is 46.2 Å². The van der Waals surface area contributed by atoms with Crippen LogP contribution in [0.15, 0.2) is 35.7 Å². The van der Waals surface area contributed by atoms with E-state index in [9.17, 15) is 9.59 Å². The smallest absolute Gasteiger partial charge is 0.251 e. The Balaban J connectivity index is 1.28. The number of ether oxygens (including phenoxy) is 3. The third-order valence-electron chi connectivity index (χ3n) is 4.89. The van der Waals surface area contributed by atoms with Crippen molar-refractivity contribution in [2.45, 2.75) is 6.04 Å². The average molecular weight is 417 g/mol. The van der Waals surface area contributed by atoms with Gasteiger partial charge in [-0.05, 0) is 29.6 Å². The molecule has 0 bridgehead atoms. The first-order valence-corrected chi connectivity index (χ1v) is 10.4. The number of carbonyl (C=O) groups is 2.